The first-order valence-corrected chi connectivity index (χ1v) is 11.4. The van der Waals surface area contributed by atoms with Crippen molar-refractivity contribution in [2.75, 3.05) is 11.9 Å². The zero-order chi connectivity index (χ0) is 22.0. The van der Waals surface area contributed by atoms with E-state index in [1.165, 1.54) is 20.9 Å². The minimum Gasteiger partial charge on any atom is -0.326 e. The molecule has 2 aliphatic rings. The standard InChI is InChI=1S/C25H26N2O3S/c1-16-7-8-17(2)22(15-16)31-19-11-9-18(10-12-19)26-23(28)13-14-27-24(29)20-5-3-4-6-21(20)25(27)30/h3-4,7-12,15,20-21H,5-6,13-14H2,1-2H3,(H,26,28). The monoisotopic (exact) mass is 434 g/mol. The van der Waals surface area contributed by atoms with Gasteiger partial charge in [0.1, 0.15) is 0 Å². The van der Waals surface area contributed by atoms with Crippen molar-refractivity contribution < 1.29 is 14.4 Å². The Kier molecular flexibility index (Phi) is 6.28. The third-order valence-corrected chi connectivity index (χ3v) is 7.04. The SMILES string of the molecule is Cc1ccc(C)c(Sc2ccc(NC(=O)CCN3C(=O)C4CC=CCC4C3=O)cc2)c1. The quantitative estimate of drug-likeness (QED) is 0.527. The van der Waals surface area contributed by atoms with Crippen LogP contribution in [-0.2, 0) is 14.4 Å². The lowest BCUT2D eigenvalue weighted by Gasteiger charge is -2.14. The van der Waals surface area contributed by atoms with Gasteiger partial charge in [-0.3, -0.25) is 19.3 Å². The normalized spacial score (nSPS) is 20.1. The molecular formula is C25H26N2O3S. The summed E-state index contributed by atoms with van der Waals surface area (Å²) in [5.74, 6) is -0.978. The second-order valence-electron chi connectivity index (χ2n) is 8.18. The van der Waals surface area contributed by atoms with E-state index in [4.69, 9.17) is 0 Å². The molecule has 2 atom stereocenters. The molecule has 0 saturated carbocycles. The predicted octanol–water partition coefficient (Wildman–Crippen LogP) is 4.73. The first kappa shape index (κ1) is 21.4. The fraction of sp³-hybridized carbons (Fsp3) is 0.320. The molecule has 1 aliphatic heterocycles. The summed E-state index contributed by atoms with van der Waals surface area (Å²) < 4.78 is 0. The van der Waals surface area contributed by atoms with Crippen LogP contribution in [0.2, 0.25) is 0 Å². The summed E-state index contributed by atoms with van der Waals surface area (Å²) in [6.45, 7) is 4.31. The van der Waals surface area contributed by atoms with E-state index in [0.717, 1.165) is 4.90 Å². The topological polar surface area (TPSA) is 66.5 Å². The molecule has 1 N–H and O–H groups in total. The zero-order valence-corrected chi connectivity index (χ0v) is 18.6. The highest BCUT2D eigenvalue weighted by molar-refractivity contribution is 7.99. The Morgan fingerprint density at radius 2 is 1.65 bits per heavy atom. The van der Waals surface area contributed by atoms with Gasteiger partial charge >= 0.3 is 0 Å². The Morgan fingerprint density at radius 1 is 1.00 bits per heavy atom. The fourth-order valence-electron chi connectivity index (χ4n) is 4.08. The summed E-state index contributed by atoms with van der Waals surface area (Å²) in [7, 11) is 0. The Bertz CT molecular complexity index is 1020. The highest BCUT2D eigenvalue weighted by Gasteiger charge is 2.46. The van der Waals surface area contributed by atoms with E-state index in [-0.39, 0.29) is 42.5 Å². The van der Waals surface area contributed by atoms with Crippen LogP contribution in [0.25, 0.3) is 0 Å². The smallest absolute Gasteiger partial charge is 0.233 e. The molecule has 3 amide bonds. The molecule has 31 heavy (non-hydrogen) atoms. The number of hydrogen-bond acceptors (Lipinski definition) is 4. The number of imide groups is 1. The van der Waals surface area contributed by atoms with Gasteiger partial charge in [-0.1, -0.05) is 36.0 Å². The van der Waals surface area contributed by atoms with Gasteiger partial charge in [-0.05, 0) is 68.1 Å². The van der Waals surface area contributed by atoms with Crippen LogP contribution >= 0.6 is 11.8 Å². The third-order valence-electron chi connectivity index (χ3n) is 5.87. The van der Waals surface area contributed by atoms with Gasteiger partial charge in [-0.2, -0.15) is 0 Å². The molecule has 0 aromatic heterocycles. The molecule has 2 aromatic carbocycles. The lowest BCUT2D eigenvalue weighted by molar-refractivity contribution is -0.140. The molecule has 1 saturated heterocycles. The number of benzene rings is 2. The van der Waals surface area contributed by atoms with Crippen LogP contribution in [0.3, 0.4) is 0 Å². The number of rotatable bonds is 6. The molecule has 4 rings (SSSR count). The van der Waals surface area contributed by atoms with Gasteiger partial charge in [-0.25, -0.2) is 0 Å². The molecule has 1 fully saturated rings. The number of nitrogens with zero attached hydrogens (tertiary/aromatic N) is 1. The Hall–Kier alpha value is -2.86. The summed E-state index contributed by atoms with van der Waals surface area (Å²) in [5, 5.41) is 2.86. The van der Waals surface area contributed by atoms with Gasteiger partial charge in [0.05, 0.1) is 11.8 Å². The number of amides is 3. The molecule has 5 nitrogen and oxygen atoms in total. The Balaban J connectivity index is 1.30. The van der Waals surface area contributed by atoms with Gasteiger partial charge in [-0.15, -0.1) is 0 Å². The maximum absolute atomic E-state index is 12.5. The van der Waals surface area contributed by atoms with E-state index in [9.17, 15) is 14.4 Å². The highest BCUT2D eigenvalue weighted by atomic mass is 32.2. The zero-order valence-electron chi connectivity index (χ0n) is 17.8. The average Bonchev–Trinajstić information content (AvgIpc) is 3.01. The molecule has 1 aliphatic carbocycles. The van der Waals surface area contributed by atoms with E-state index in [1.807, 2.05) is 36.4 Å². The van der Waals surface area contributed by atoms with Crippen molar-refractivity contribution in [1.82, 2.24) is 4.90 Å². The van der Waals surface area contributed by atoms with Gasteiger partial charge in [0.25, 0.3) is 0 Å². The minimum atomic E-state index is -0.248. The van der Waals surface area contributed by atoms with Crippen molar-refractivity contribution in [3.05, 3.63) is 65.7 Å². The maximum Gasteiger partial charge on any atom is 0.233 e. The molecule has 0 bridgehead atoms. The molecule has 0 spiro atoms. The van der Waals surface area contributed by atoms with Gasteiger partial charge in [0.15, 0.2) is 0 Å². The van der Waals surface area contributed by atoms with Crippen LogP contribution in [0.4, 0.5) is 5.69 Å². The van der Waals surface area contributed by atoms with Crippen molar-refractivity contribution in [2.45, 2.75) is 42.9 Å². The number of anilines is 1. The first-order valence-electron chi connectivity index (χ1n) is 10.6. The van der Waals surface area contributed by atoms with Crippen molar-refractivity contribution in [3.8, 4) is 0 Å². The molecule has 1 heterocycles. The van der Waals surface area contributed by atoms with Crippen LogP contribution in [0.1, 0.15) is 30.4 Å². The summed E-state index contributed by atoms with van der Waals surface area (Å²) in [6.07, 6.45) is 5.26. The lowest BCUT2D eigenvalue weighted by atomic mass is 9.85. The molecule has 160 valence electrons. The van der Waals surface area contributed by atoms with E-state index < -0.39 is 0 Å². The number of likely N-dealkylation sites (tertiary alicyclic amines) is 1. The van der Waals surface area contributed by atoms with Crippen LogP contribution in [-0.4, -0.2) is 29.2 Å². The summed E-state index contributed by atoms with van der Waals surface area (Å²) in [5.41, 5.74) is 3.16. The summed E-state index contributed by atoms with van der Waals surface area (Å²) in [4.78, 5) is 40.9. The van der Waals surface area contributed by atoms with Crippen molar-refractivity contribution >= 4 is 35.2 Å². The number of carbonyl (C=O) groups is 3. The number of allylic oxidation sites excluding steroid dienone is 2. The number of fused-ring (bicyclic) bond motifs is 1. The number of hydrogen-bond donors (Lipinski definition) is 1. The van der Waals surface area contributed by atoms with Crippen LogP contribution in [0.5, 0.6) is 0 Å². The second kappa shape index (κ2) is 9.10. The second-order valence-corrected chi connectivity index (χ2v) is 9.29. The largest absolute Gasteiger partial charge is 0.326 e. The van der Waals surface area contributed by atoms with Gasteiger partial charge in [0, 0.05) is 28.4 Å². The third kappa shape index (κ3) is 4.74. The summed E-state index contributed by atoms with van der Waals surface area (Å²) >= 11 is 1.69. The highest BCUT2D eigenvalue weighted by Crippen LogP contribution is 2.35. The molecule has 2 unspecified atom stereocenters. The fourth-order valence-corrected chi connectivity index (χ4v) is 5.08. The van der Waals surface area contributed by atoms with Crippen molar-refractivity contribution in [1.29, 1.82) is 0 Å². The first-order chi connectivity index (χ1) is 14.9. The minimum absolute atomic E-state index is 0.101. The van der Waals surface area contributed by atoms with Gasteiger partial charge < -0.3 is 5.32 Å². The van der Waals surface area contributed by atoms with Crippen LogP contribution in [0, 0.1) is 25.7 Å². The molecule has 0 radical (unpaired) electrons. The molecular weight excluding hydrogens is 408 g/mol. The van der Waals surface area contributed by atoms with Crippen LogP contribution in [0.15, 0.2) is 64.4 Å². The average molecular weight is 435 g/mol. The summed E-state index contributed by atoms with van der Waals surface area (Å²) in [6, 6.07) is 14.1. The van der Waals surface area contributed by atoms with Crippen LogP contribution < -0.4 is 5.32 Å². The lowest BCUT2D eigenvalue weighted by Crippen LogP contribution is -2.34. The number of carbonyl (C=O) groups excluding carboxylic acids is 3. The molecule has 2 aromatic rings. The predicted molar refractivity (Wildman–Crippen MR) is 122 cm³/mol. The van der Waals surface area contributed by atoms with Gasteiger partial charge in [0.2, 0.25) is 17.7 Å². The van der Waals surface area contributed by atoms with E-state index >= 15 is 0 Å². The van der Waals surface area contributed by atoms with E-state index in [1.54, 1.807) is 11.8 Å². The number of nitrogens with one attached hydrogen (secondary N) is 1. The Labute approximate surface area is 186 Å². The number of aryl methyl sites for hydroxylation is 2. The van der Waals surface area contributed by atoms with E-state index in [0.29, 0.717) is 18.5 Å². The maximum atomic E-state index is 12.5. The van der Waals surface area contributed by atoms with Crippen molar-refractivity contribution in [2.24, 2.45) is 11.8 Å². The van der Waals surface area contributed by atoms with Crippen molar-refractivity contribution in [3.63, 3.8) is 0 Å². The van der Waals surface area contributed by atoms with E-state index in [2.05, 4.69) is 37.4 Å². The Morgan fingerprint density at radius 3 is 2.29 bits per heavy atom. The molecule has 6 heteroatoms.